The van der Waals surface area contributed by atoms with Crippen molar-refractivity contribution in [3.05, 3.63) is 30.1 Å². The number of amides is 1. The average molecular weight is 358 g/mol. The van der Waals surface area contributed by atoms with Crippen LogP contribution in [0.3, 0.4) is 0 Å². The molecule has 2 saturated heterocycles. The fraction of sp³-hybridized carbons (Fsp3) is 0.714. The van der Waals surface area contributed by atoms with E-state index in [2.05, 4.69) is 4.98 Å². The van der Waals surface area contributed by atoms with Crippen LogP contribution in [0, 0.1) is 11.3 Å². The summed E-state index contributed by atoms with van der Waals surface area (Å²) >= 11 is 0. The predicted molar refractivity (Wildman–Crippen MR) is 98.9 cm³/mol. The van der Waals surface area contributed by atoms with Crippen LogP contribution in [0.4, 0.5) is 0 Å². The van der Waals surface area contributed by atoms with E-state index in [0.29, 0.717) is 12.2 Å². The van der Waals surface area contributed by atoms with Gasteiger partial charge in [-0.15, -0.1) is 0 Å². The summed E-state index contributed by atoms with van der Waals surface area (Å²) in [4.78, 5) is 19.0. The van der Waals surface area contributed by atoms with Gasteiger partial charge >= 0.3 is 0 Å². The highest BCUT2D eigenvalue weighted by atomic mass is 16.5. The summed E-state index contributed by atoms with van der Waals surface area (Å²) in [5.74, 6) is 0.809. The monoisotopic (exact) mass is 358 g/mol. The Balaban J connectivity index is 1.43. The molecule has 2 atom stereocenters. The lowest BCUT2D eigenvalue weighted by Gasteiger charge is -2.50. The number of pyridine rings is 1. The van der Waals surface area contributed by atoms with Crippen LogP contribution in [-0.4, -0.2) is 54.8 Å². The van der Waals surface area contributed by atoms with Gasteiger partial charge in [0.15, 0.2) is 0 Å². The number of likely N-dealkylation sites (tertiary alicyclic amines) is 1. The molecule has 0 spiro atoms. The number of aromatic nitrogens is 1. The van der Waals surface area contributed by atoms with Crippen molar-refractivity contribution in [1.29, 1.82) is 0 Å². The van der Waals surface area contributed by atoms with E-state index in [4.69, 9.17) is 9.47 Å². The Labute approximate surface area is 156 Å². The largest absolute Gasteiger partial charge is 0.380 e. The van der Waals surface area contributed by atoms with Crippen molar-refractivity contribution in [2.45, 2.75) is 51.0 Å². The fourth-order valence-corrected chi connectivity index (χ4v) is 4.95. The lowest BCUT2D eigenvalue weighted by atomic mass is 9.73. The van der Waals surface area contributed by atoms with Gasteiger partial charge in [-0.2, -0.15) is 0 Å². The first-order chi connectivity index (χ1) is 12.8. The Kier molecular flexibility index (Phi) is 5.55. The molecule has 0 radical (unpaired) electrons. The Morgan fingerprint density at radius 2 is 2.19 bits per heavy atom. The fourth-order valence-electron chi connectivity index (χ4n) is 4.95. The number of hydrogen-bond acceptors (Lipinski definition) is 4. The summed E-state index contributed by atoms with van der Waals surface area (Å²) in [7, 11) is 0. The lowest BCUT2D eigenvalue weighted by molar-refractivity contribution is -0.148. The molecule has 5 nitrogen and oxygen atoms in total. The van der Waals surface area contributed by atoms with Gasteiger partial charge in [-0.1, -0.05) is 12.8 Å². The first kappa shape index (κ1) is 17.9. The molecular formula is C21H30N2O3. The van der Waals surface area contributed by atoms with Crippen LogP contribution in [0.1, 0.15) is 55.3 Å². The molecule has 3 fully saturated rings. The zero-order valence-electron chi connectivity index (χ0n) is 15.6. The molecule has 0 N–H and O–H groups in total. The van der Waals surface area contributed by atoms with Crippen LogP contribution in [0.2, 0.25) is 0 Å². The van der Waals surface area contributed by atoms with Gasteiger partial charge in [0.2, 0.25) is 0 Å². The predicted octanol–water partition coefficient (Wildman–Crippen LogP) is 3.30. The summed E-state index contributed by atoms with van der Waals surface area (Å²) in [6, 6.07) is 3.67. The number of ether oxygens (including phenoxy) is 2. The minimum atomic E-state index is -0.0486. The molecule has 1 amide bonds. The van der Waals surface area contributed by atoms with E-state index in [1.807, 2.05) is 17.0 Å². The quantitative estimate of drug-likeness (QED) is 0.810. The van der Waals surface area contributed by atoms with Gasteiger partial charge in [0.1, 0.15) is 0 Å². The third-order valence-electron chi connectivity index (χ3n) is 6.40. The zero-order chi connectivity index (χ0) is 17.8. The Bertz CT molecular complexity index is 603. The van der Waals surface area contributed by atoms with Crippen molar-refractivity contribution in [2.75, 3.05) is 32.9 Å². The second-order valence-electron chi connectivity index (χ2n) is 8.25. The lowest BCUT2D eigenvalue weighted by Crippen LogP contribution is -2.58. The summed E-state index contributed by atoms with van der Waals surface area (Å²) in [5.41, 5.74) is 0.622. The molecule has 2 aliphatic heterocycles. The normalized spacial score (nSPS) is 29.5. The molecule has 5 heteroatoms. The van der Waals surface area contributed by atoms with Gasteiger partial charge in [-0.25, -0.2) is 0 Å². The van der Waals surface area contributed by atoms with E-state index in [0.717, 1.165) is 51.5 Å². The summed E-state index contributed by atoms with van der Waals surface area (Å²) in [6.07, 6.45) is 11.9. The van der Waals surface area contributed by atoms with Gasteiger partial charge in [0.05, 0.1) is 18.3 Å². The topological polar surface area (TPSA) is 51.7 Å². The van der Waals surface area contributed by atoms with Crippen LogP contribution in [0.25, 0.3) is 0 Å². The molecule has 3 heterocycles. The average Bonchev–Trinajstić information content (AvgIpc) is 3.21. The second-order valence-corrected chi connectivity index (χ2v) is 8.25. The number of carbonyl (C=O) groups excluding carboxylic acids is 1. The highest BCUT2D eigenvalue weighted by molar-refractivity contribution is 5.94. The van der Waals surface area contributed by atoms with Gasteiger partial charge in [-0.05, 0) is 50.2 Å². The summed E-state index contributed by atoms with van der Waals surface area (Å²) in [6.45, 7) is 3.90. The highest BCUT2D eigenvalue weighted by Crippen LogP contribution is 2.41. The molecule has 4 rings (SSSR count). The SMILES string of the molecule is O=C(c1cccnc1)N1CC[C@@H]2OCCC[C@@]2(COCC2CCCC2)C1. The Hall–Kier alpha value is -1.46. The first-order valence-corrected chi connectivity index (χ1v) is 10.2. The Morgan fingerprint density at radius 1 is 1.31 bits per heavy atom. The van der Waals surface area contributed by atoms with Crippen LogP contribution in [-0.2, 0) is 9.47 Å². The van der Waals surface area contributed by atoms with Crippen molar-refractivity contribution >= 4 is 5.91 Å². The Morgan fingerprint density at radius 3 is 3.00 bits per heavy atom. The van der Waals surface area contributed by atoms with Gasteiger partial charge in [0.25, 0.3) is 5.91 Å². The van der Waals surface area contributed by atoms with E-state index >= 15 is 0 Å². The second kappa shape index (κ2) is 8.05. The van der Waals surface area contributed by atoms with Crippen molar-refractivity contribution in [2.24, 2.45) is 11.3 Å². The molecule has 3 aliphatic rings. The van der Waals surface area contributed by atoms with E-state index in [-0.39, 0.29) is 17.4 Å². The third-order valence-corrected chi connectivity index (χ3v) is 6.40. The number of carbonyl (C=O) groups is 1. The van der Waals surface area contributed by atoms with Crippen LogP contribution in [0.15, 0.2) is 24.5 Å². The van der Waals surface area contributed by atoms with Crippen molar-refractivity contribution in [3.8, 4) is 0 Å². The molecular weight excluding hydrogens is 328 g/mol. The number of piperidine rings is 1. The molecule has 1 aliphatic carbocycles. The van der Waals surface area contributed by atoms with E-state index < -0.39 is 0 Å². The van der Waals surface area contributed by atoms with E-state index in [9.17, 15) is 4.79 Å². The number of fused-ring (bicyclic) bond motifs is 1. The molecule has 26 heavy (non-hydrogen) atoms. The van der Waals surface area contributed by atoms with E-state index in [1.165, 1.54) is 25.7 Å². The van der Waals surface area contributed by atoms with Crippen LogP contribution in [0.5, 0.6) is 0 Å². The molecule has 142 valence electrons. The van der Waals surface area contributed by atoms with Crippen molar-refractivity contribution in [3.63, 3.8) is 0 Å². The minimum Gasteiger partial charge on any atom is -0.380 e. The summed E-state index contributed by atoms with van der Waals surface area (Å²) < 4.78 is 12.3. The van der Waals surface area contributed by atoms with Crippen molar-refractivity contribution < 1.29 is 14.3 Å². The third kappa shape index (κ3) is 3.79. The number of rotatable bonds is 5. The molecule has 1 aromatic heterocycles. The molecule has 0 aromatic carbocycles. The maximum atomic E-state index is 12.9. The molecule has 0 bridgehead atoms. The first-order valence-electron chi connectivity index (χ1n) is 10.2. The van der Waals surface area contributed by atoms with E-state index in [1.54, 1.807) is 12.4 Å². The maximum Gasteiger partial charge on any atom is 0.255 e. The smallest absolute Gasteiger partial charge is 0.255 e. The molecule has 1 aromatic rings. The number of hydrogen-bond donors (Lipinski definition) is 0. The van der Waals surface area contributed by atoms with Gasteiger partial charge in [0, 0.05) is 44.1 Å². The van der Waals surface area contributed by atoms with Crippen LogP contribution < -0.4 is 0 Å². The molecule has 0 unspecified atom stereocenters. The minimum absolute atomic E-state index is 0.0486. The van der Waals surface area contributed by atoms with Gasteiger partial charge in [-0.3, -0.25) is 9.78 Å². The standard InChI is InChI=1S/C21H30N2O3/c24-20(18-7-3-10-22-13-18)23-11-8-19-21(15-23,9-4-12-26-19)16-25-14-17-5-1-2-6-17/h3,7,10,13,17,19H,1-2,4-6,8-9,11-12,14-16H2/t19-,21-/m0/s1. The highest BCUT2D eigenvalue weighted by Gasteiger charge is 2.47. The van der Waals surface area contributed by atoms with Crippen LogP contribution >= 0.6 is 0 Å². The van der Waals surface area contributed by atoms with Crippen molar-refractivity contribution in [1.82, 2.24) is 9.88 Å². The summed E-state index contributed by atoms with van der Waals surface area (Å²) in [5, 5.41) is 0. The van der Waals surface area contributed by atoms with Gasteiger partial charge < -0.3 is 14.4 Å². The maximum absolute atomic E-state index is 12.9. The number of nitrogens with zero attached hydrogens (tertiary/aromatic N) is 2. The molecule has 1 saturated carbocycles. The zero-order valence-corrected chi connectivity index (χ0v) is 15.6.